The number of nitrogens with zero attached hydrogens (tertiary/aromatic N) is 1. The van der Waals surface area contributed by atoms with Gasteiger partial charge in [-0.3, -0.25) is 4.98 Å². The zero-order valence-electron chi connectivity index (χ0n) is 11.9. The van der Waals surface area contributed by atoms with E-state index in [4.69, 9.17) is 0 Å². The van der Waals surface area contributed by atoms with Crippen molar-refractivity contribution in [3.8, 4) is 0 Å². The van der Waals surface area contributed by atoms with Crippen LogP contribution in [0.1, 0.15) is 22.9 Å². The minimum Gasteiger partial charge on any atom is -0.313 e. The first-order valence-electron chi connectivity index (χ1n) is 6.72. The Bertz CT molecular complexity index is 637. The number of benzene rings is 1. The van der Waals surface area contributed by atoms with Crippen LogP contribution in [0.4, 0.5) is 0 Å². The molecule has 0 radical (unpaired) electrons. The van der Waals surface area contributed by atoms with Crippen molar-refractivity contribution < 1.29 is 8.42 Å². The minimum absolute atomic E-state index is 0.00666. The highest BCUT2D eigenvalue weighted by Crippen LogP contribution is 2.10. The zero-order valence-corrected chi connectivity index (χ0v) is 13.5. The first-order chi connectivity index (χ1) is 10.1. The fourth-order valence-electron chi connectivity index (χ4n) is 1.80. The molecule has 0 atom stereocenters. The lowest BCUT2D eigenvalue weighted by Crippen LogP contribution is -2.24. The van der Waals surface area contributed by atoms with E-state index in [1.54, 1.807) is 11.7 Å². The Balaban J connectivity index is 1.90. The SMILES string of the molecule is CCNCc1ccc(CS(=O)(=O)NCc2cncs2)cc1. The number of rotatable bonds is 8. The van der Waals surface area contributed by atoms with Gasteiger partial charge in [-0.1, -0.05) is 31.2 Å². The summed E-state index contributed by atoms with van der Waals surface area (Å²) in [6.07, 6.45) is 1.67. The molecule has 1 aromatic heterocycles. The van der Waals surface area contributed by atoms with Gasteiger partial charge in [-0.05, 0) is 17.7 Å². The first kappa shape index (κ1) is 16.1. The summed E-state index contributed by atoms with van der Waals surface area (Å²) in [5, 5.41) is 3.23. The minimum atomic E-state index is -3.33. The quantitative estimate of drug-likeness (QED) is 0.777. The molecule has 0 fully saturated rings. The van der Waals surface area contributed by atoms with E-state index in [-0.39, 0.29) is 5.75 Å². The first-order valence-corrected chi connectivity index (χ1v) is 9.25. The second-order valence-corrected chi connectivity index (χ2v) is 7.42. The third-order valence-electron chi connectivity index (χ3n) is 2.91. The molecule has 7 heteroatoms. The summed E-state index contributed by atoms with van der Waals surface area (Å²) < 4.78 is 26.6. The maximum Gasteiger partial charge on any atom is 0.216 e. The summed E-state index contributed by atoms with van der Waals surface area (Å²) in [5.41, 5.74) is 3.62. The third-order valence-corrected chi connectivity index (χ3v) is 4.99. The highest BCUT2D eigenvalue weighted by Gasteiger charge is 2.11. The molecular weight excluding hydrogens is 306 g/mol. The lowest BCUT2D eigenvalue weighted by molar-refractivity contribution is 0.581. The van der Waals surface area contributed by atoms with Crippen LogP contribution >= 0.6 is 11.3 Å². The summed E-state index contributed by atoms with van der Waals surface area (Å²) in [6, 6.07) is 7.63. The molecule has 0 bridgehead atoms. The highest BCUT2D eigenvalue weighted by atomic mass is 32.2. The Labute approximate surface area is 129 Å². The van der Waals surface area contributed by atoms with Gasteiger partial charge in [-0.25, -0.2) is 13.1 Å². The van der Waals surface area contributed by atoms with Gasteiger partial charge in [0.05, 0.1) is 11.3 Å². The maximum atomic E-state index is 12.0. The number of thiazole rings is 1. The molecule has 114 valence electrons. The van der Waals surface area contributed by atoms with Crippen LogP contribution in [-0.2, 0) is 28.9 Å². The van der Waals surface area contributed by atoms with Gasteiger partial charge in [-0.15, -0.1) is 11.3 Å². The summed E-state index contributed by atoms with van der Waals surface area (Å²) >= 11 is 1.43. The molecular formula is C14H19N3O2S2. The lowest BCUT2D eigenvalue weighted by Gasteiger charge is -2.07. The fourth-order valence-corrected chi connectivity index (χ4v) is 3.54. The van der Waals surface area contributed by atoms with E-state index in [9.17, 15) is 8.42 Å². The van der Waals surface area contributed by atoms with Crippen LogP contribution < -0.4 is 10.0 Å². The molecule has 2 rings (SSSR count). The molecule has 0 aliphatic heterocycles. The van der Waals surface area contributed by atoms with Crippen LogP contribution in [-0.4, -0.2) is 19.9 Å². The number of sulfonamides is 1. The van der Waals surface area contributed by atoms with Gasteiger partial charge in [0.2, 0.25) is 10.0 Å². The van der Waals surface area contributed by atoms with Crippen molar-refractivity contribution in [1.29, 1.82) is 0 Å². The largest absolute Gasteiger partial charge is 0.313 e. The standard InChI is InChI=1S/C14H19N3O2S2/c1-2-15-7-12-3-5-13(6-4-12)10-21(18,19)17-9-14-8-16-11-20-14/h3-6,8,11,15,17H,2,7,9-10H2,1H3. The average Bonchev–Trinajstić information content (AvgIpc) is 2.98. The smallest absolute Gasteiger partial charge is 0.216 e. The molecule has 1 aromatic carbocycles. The van der Waals surface area contributed by atoms with Crippen LogP contribution in [0.5, 0.6) is 0 Å². The highest BCUT2D eigenvalue weighted by molar-refractivity contribution is 7.88. The Morgan fingerprint density at radius 2 is 1.86 bits per heavy atom. The molecule has 5 nitrogen and oxygen atoms in total. The van der Waals surface area contributed by atoms with Crippen molar-refractivity contribution in [1.82, 2.24) is 15.0 Å². The van der Waals surface area contributed by atoms with Gasteiger partial charge in [0.15, 0.2) is 0 Å². The second kappa shape index (κ2) is 7.65. The lowest BCUT2D eigenvalue weighted by atomic mass is 10.1. The summed E-state index contributed by atoms with van der Waals surface area (Å²) in [5.74, 6) is -0.00666. The van der Waals surface area contributed by atoms with E-state index in [2.05, 4.69) is 21.9 Å². The maximum absolute atomic E-state index is 12.0. The molecule has 0 aliphatic carbocycles. The zero-order chi connectivity index (χ0) is 15.1. The normalized spacial score (nSPS) is 11.7. The Morgan fingerprint density at radius 1 is 1.14 bits per heavy atom. The molecule has 1 heterocycles. The Kier molecular flexibility index (Phi) is 5.86. The monoisotopic (exact) mass is 325 g/mol. The van der Waals surface area contributed by atoms with Crippen LogP contribution in [0.3, 0.4) is 0 Å². The molecule has 0 saturated heterocycles. The van der Waals surface area contributed by atoms with Gasteiger partial charge >= 0.3 is 0 Å². The topological polar surface area (TPSA) is 71.1 Å². The third kappa shape index (κ3) is 5.55. The van der Waals surface area contributed by atoms with E-state index in [1.807, 2.05) is 24.3 Å². The number of nitrogens with one attached hydrogen (secondary N) is 2. The molecule has 0 aliphatic rings. The van der Waals surface area contributed by atoms with Crippen LogP contribution in [0, 0.1) is 0 Å². The molecule has 0 unspecified atom stereocenters. The van der Waals surface area contributed by atoms with E-state index >= 15 is 0 Å². The van der Waals surface area contributed by atoms with Crippen molar-refractivity contribution in [2.45, 2.75) is 25.8 Å². The Hall–Kier alpha value is -1.28. The van der Waals surface area contributed by atoms with Gasteiger partial charge < -0.3 is 5.32 Å². The molecule has 2 aromatic rings. The number of hydrogen-bond acceptors (Lipinski definition) is 5. The molecule has 21 heavy (non-hydrogen) atoms. The van der Waals surface area contributed by atoms with E-state index < -0.39 is 10.0 Å². The van der Waals surface area contributed by atoms with E-state index in [0.29, 0.717) is 6.54 Å². The van der Waals surface area contributed by atoms with Crippen LogP contribution in [0.15, 0.2) is 36.0 Å². The molecule has 0 amide bonds. The van der Waals surface area contributed by atoms with Crippen molar-refractivity contribution >= 4 is 21.4 Å². The van der Waals surface area contributed by atoms with Gasteiger partial charge in [-0.2, -0.15) is 0 Å². The second-order valence-electron chi connectivity index (χ2n) is 4.64. The number of hydrogen-bond donors (Lipinski definition) is 2. The van der Waals surface area contributed by atoms with Gasteiger partial charge in [0.25, 0.3) is 0 Å². The summed E-state index contributed by atoms with van der Waals surface area (Å²) in [6.45, 7) is 4.06. The number of aromatic nitrogens is 1. The van der Waals surface area contributed by atoms with Crippen LogP contribution in [0.25, 0.3) is 0 Å². The molecule has 0 saturated carbocycles. The van der Waals surface area contributed by atoms with Crippen molar-refractivity contribution in [3.63, 3.8) is 0 Å². The van der Waals surface area contributed by atoms with Crippen LogP contribution in [0.2, 0.25) is 0 Å². The summed E-state index contributed by atoms with van der Waals surface area (Å²) in [4.78, 5) is 4.82. The summed E-state index contributed by atoms with van der Waals surface area (Å²) in [7, 11) is -3.33. The average molecular weight is 325 g/mol. The Morgan fingerprint density at radius 3 is 2.48 bits per heavy atom. The molecule has 0 spiro atoms. The molecule has 2 N–H and O–H groups in total. The predicted molar refractivity (Wildman–Crippen MR) is 85.4 cm³/mol. The van der Waals surface area contributed by atoms with E-state index in [1.165, 1.54) is 11.3 Å². The van der Waals surface area contributed by atoms with Crippen molar-refractivity contribution in [2.75, 3.05) is 6.54 Å². The van der Waals surface area contributed by atoms with E-state index in [0.717, 1.165) is 29.1 Å². The predicted octanol–water partition coefficient (Wildman–Crippen LogP) is 1.87. The van der Waals surface area contributed by atoms with Crippen molar-refractivity contribution in [2.24, 2.45) is 0 Å². The fraction of sp³-hybridized carbons (Fsp3) is 0.357. The van der Waals surface area contributed by atoms with Gasteiger partial charge in [0.1, 0.15) is 0 Å². The van der Waals surface area contributed by atoms with Gasteiger partial charge in [0, 0.05) is 24.2 Å². The van der Waals surface area contributed by atoms with Crippen molar-refractivity contribution in [3.05, 3.63) is 52.0 Å².